The molecule has 0 radical (unpaired) electrons. The third-order valence-corrected chi connectivity index (χ3v) is 3.24. The summed E-state index contributed by atoms with van der Waals surface area (Å²) in [6.07, 6.45) is 1.55. The first kappa shape index (κ1) is 11.5. The Kier molecular flexibility index (Phi) is 3.89. The number of nitrogens with two attached hydrogens (primary N) is 1. The fourth-order valence-electron chi connectivity index (χ4n) is 2.19. The standard InChI is InChI=1S/C10H20N2O2/c1-3-10(4-2,9(11)13)12-5-7-14-8-6-12/h3-8H2,1-2H3,(H2,11,13). The predicted molar refractivity (Wildman–Crippen MR) is 54.9 cm³/mol. The van der Waals surface area contributed by atoms with Gasteiger partial charge in [0.2, 0.25) is 5.91 Å². The molecule has 1 aliphatic rings. The van der Waals surface area contributed by atoms with Crippen LogP contribution in [0.15, 0.2) is 0 Å². The Morgan fingerprint density at radius 3 is 2.21 bits per heavy atom. The van der Waals surface area contributed by atoms with Gasteiger partial charge in [-0.2, -0.15) is 0 Å². The molecule has 14 heavy (non-hydrogen) atoms. The van der Waals surface area contributed by atoms with Gasteiger partial charge < -0.3 is 10.5 Å². The van der Waals surface area contributed by atoms with Gasteiger partial charge in [-0.25, -0.2) is 0 Å². The summed E-state index contributed by atoms with van der Waals surface area (Å²) in [6.45, 7) is 7.06. The van der Waals surface area contributed by atoms with E-state index in [0.717, 1.165) is 25.9 Å². The number of carbonyl (C=O) groups excluding carboxylic acids is 1. The number of nitrogens with zero attached hydrogens (tertiary/aromatic N) is 1. The van der Waals surface area contributed by atoms with E-state index in [1.165, 1.54) is 0 Å². The van der Waals surface area contributed by atoms with Crippen molar-refractivity contribution in [3.63, 3.8) is 0 Å². The molecule has 1 heterocycles. The Hall–Kier alpha value is -0.610. The summed E-state index contributed by atoms with van der Waals surface area (Å²) in [4.78, 5) is 13.7. The molecule has 1 saturated heterocycles. The average molecular weight is 200 g/mol. The van der Waals surface area contributed by atoms with E-state index in [-0.39, 0.29) is 5.91 Å². The van der Waals surface area contributed by atoms with Crippen LogP contribution in [0, 0.1) is 0 Å². The highest BCUT2D eigenvalue weighted by Gasteiger charge is 2.39. The van der Waals surface area contributed by atoms with Gasteiger partial charge in [-0.15, -0.1) is 0 Å². The van der Waals surface area contributed by atoms with E-state index >= 15 is 0 Å². The lowest BCUT2D eigenvalue weighted by Gasteiger charge is -2.42. The van der Waals surface area contributed by atoms with E-state index in [1.807, 2.05) is 13.8 Å². The maximum Gasteiger partial charge on any atom is 0.237 e. The molecule has 82 valence electrons. The molecule has 0 aromatic heterocycles. The first-order chi connectivity index (χ1) is 6.67. The van der Waals surface area contributed by atoms with Crippen molar-refractivity contribution >= 4 is 5.91 Å². The molecule has 1 rings (SSSR count). The number of morpholine rings is 1. The molecule has 1 amide bonds. The molecule has 1 aliphatic heterocycles. The fraction of sp³-hybridized carbons (Fsp3) is 0.900. The molecule has 1 fully saturated rings. The molecule has 4 heteroatoms. The molecule has 0 spiro atoms. The molecule has 2 N–H and O–H groups in total. The van der Waals surface area contributed by atoms with E-state index in [4.69, 9.17) is 10.5 Å². The van der Waals surface area contributed by atoms with Crippen molar-refractivity contribution in [2.24, 2.45) is 5.73 Å². The lowest BCUT2D eigenvalue weighted by atomic mass is 9.89. The highest BCUT2D eigenvalue weighted by Crippen LogP contribution is 2.24. The summed E-state index contributed by atoms with van der Waals surface area (Å²) in [5.41, 5.74) is 5.05. The second kappa shape index (κ2) is 4.75. The van der Waals surface area contributed by atoms with Crippen molar-refractivity contribution in [3.8, 4) is 0 Å². The zero-order chi connectivity index (χ0) is 10.6. The molecule has 0 bridgehead atoms. The maximum atomic E-state index is 11.5. The van der Waals surface area contributed by atoms with E-state index in [1.54, 1.807) is 0 Å². The topological polar surface area (TPSA) is 55.6 Å². The summed E-state index contributed by atoms with van der Waals surface area (Å²) in [6, 6.07) is 0. The van der Waals surface area contributed by atoms with Gasteiger partial charge in [0.15, 0.2) is 0 Å². The smallest absolute Gasteiger partial charge is 0.237 e. The predicted octanol–water partition coefficient (Wildman–Crippen LogP) is 0.363. The fourth-order valence-corrected chi connectivity index (χ4v) is 2.19. The average Bonchev–Trinajstić information content (AvgIpc) is 2.22. The number of carbonyl (C=O) groups is 1. The molecule has 0 aliphatic carbocycles. The molecule has 0 aromatic rings. The number of hydrogen-bond donors (Lipinski definition) is 1. The van der Waals surface area contributed by atoms with Gasteiger partial charge >= 0.3 is 0 Å². The van der Waals surface area contributed by atoms with Crippen molar-refractivity contribution in [1.29, 1.82) is 0 Å². The van der Waals surface area contributed by atoms with Crippen molar-refractivity contribution in [2.75, 3.05) is 26.3 Å². The van der Waals surface area contributed by atoms with Crippen LogP contribution in [0.5, 0.6) is 0 Å². The van der Waals surface area contributed by atoms with Crippen LogP contribution in [0.3, 0.4) is 0 Å². The van der Waals surface area contributed by atoms with Gasteiger partial charge in [-0.3, -0.25) is 9.69 Å². The Bertz CT molecular complexity index is 196. The molecule has 0 atom stereocenters. The van der Waals surface area contributed by atoms with E-state index < -0.39 is 5.54 Å². The van der Waals surface area contributed by atoms with E-state index in [0.29, 0.717) is 13.2 Å². The molecular formula is C10H20N2O2. The SMILES string of the molecule is CCC(CC)(C(N)=O)N1CCOCC1. The van der Waals surface area contributed by atoms with Crippen LogP contribution in [0.4, 0.5) is 0 Å². The molecule has 0 aromatic carbocycles. The van der Waals surface area contributed by atoms with Crippen molar-refractivity contribution in [3.05, 3.63) is 0 Å². The summed E-state index contributed by atoms with van der Waals surface area (Å²) in [5.74, 6) is -0.204. The van der Waals surface area contributed by atoms with Crippen LogP contribution >= 0.6 is 0 Å². The van der Waals surface area contributed by atoms with Gasteiger partial charge in [0.25, 0.3) is 0 Å². The zero-order valence-electron chi connectivity index (χ0n) is 9.08. The Morgan fingerprint density at radius 2 is 1.86 bits per heavy atom. The van der Waals surface area contributed by atoms with Crippen LogP contribution in [-0.2, 0) is 9.53 Å². The first-order valence-electron chi connectivity index (χ1n) is 5.30. The van der Waals surface area contributed by atoms with Crippen LogP contribution in [0.25, 0.3) is 0 Å². The van der Waals surface area contributed by atoms with Gasteiger partial charge in [-0.1, -0.05) is 13.8 Å². The van der Waals surface area contributed by atoms with Crippen molar-refractivity contribution in [1.82, 2.24) is 4.90 Å². The third kappa shape index (κ3) is 1.91. The molecular weight excluding hydrogens is 180 g/mol. The van der Waals surface area contributed by atoms with Crippen LogP contribution in [0.2, 0.25) is 0 Å². The second-order valence-electron chi connectivity index (χ2n) is 3.70. The molecule has 0 unspecified atom stereocenters. The minimum Gasteiger partial charge on any atom is -0.379 e. The molecule has 0 saturated carbocycles. The van der Waals surface area contributed by atoms with Crippen LogP contribution in [-0.4, -0.2) is 42.6 Å². The molecule has 4 nitrogen and oxygen atoms in total. The van der Waals surface area contributed by atoms with Crippen LogP contribution < -0.4 is 5.73 Å². The summed E-state index contributed by atoms with van der Waals surface area (Å²) < 4.78 is 5.27. The first-order valence-corrected chi connectivity index (χ1v) is 5.30. The van der Waals surface area contributed by atoms with Gasteiger partial charge in [-0.05, 0) is 12.8 Å². The normalized spacial score (nSPS) is 19.6. The van der Waals surface area contributed by atoms with Crippen molar-refractivity contribution < 1.29 is 9.53 Å². The summed E-state index contributed by atoms with van der Waals surface area (Å²) in [5, 5.41) is 0. The van der Waals surface area contributed by atoms with Crippen LogP contribution in [0.1, 0.15) is 26.7 Å². The zero-order valence-corrected chi connectivity index (χ0v) is 9.08. The Morgan fingerprint density at radius 1 is 1.36 bits per heavy atom. The maximum absolute atomic E-state index is 11.5. The number of amides is 1. The van der Waals surface area contributed by atoms with Gasteiger partial charge in [0.05, 0.1) is 18.8 Å². The van der Waals surface area contributed by atoms with Gasteiger partial charge in [0.1, 0.15) is 0 Å². The largest absolute Gasteiger partial charge is 0.379 e. The minimum absolute atomic E-state index is 0.204. The highest BCUT2D eigenvalue weighted by molar-refractivity contribution is 5.84. The third-order valence-electron chi connectivity index (χ3n) is 3.24. The lowest BCUT2D eigenvalue weighted by molar-refractivity contribution is -0.134. The quantitative estimate of drug-likeness (QED) is 0.713. The number of rotatable bonds is 4. The minimum atomic E-state index is -0.455. The van der Waals surface area contributed by atoms with E-state index in [9.17, 15) is 4.79 Å². The Balaban J connectivity index is 2.78. The second-order valence-corrected chi connectivity index (χ2v) is 3.70. The monoisotopic (exact) mass is 200 g/mol. The van der Waals surface area contributed by atoms with Gasteiger partial charge in [0, 0.05) is 13.1 Å². The number of hydrogen-bond acceptors (Lipinski definition) is 3. The highest BCUT2D eigenvalue weighted by atomic mass is 16.5. The van der Waals surface area contributed by atoms with E-state index in [2.05, 4.69) is 4.90 Å². The lowest BCUT2D eigenvalue weighted by Crippen LogP contribution is -2.59. The number of primary amides is 1. The summed E-state index contributed by atoms with van der Waals surface area (Å²) in [7, 11) is 0. The Labute approximate surface area is 85.4 Å². The summed E-state index contributed by atoms with van der Waals surface area (Å²) >= 11 is 0. The van der Waals surface area contributed by atoms with Crippen molar-refractivity contribution in [2.45, 2.75) is 32.2 Å². The number of ether oxygens (including phenoxy) is 1.